The van der Waals surface area contributed by atoms with E-state index in [2.05, 4.69) is 20.1 Å². The number of anilines is 1. The minimum atomic E-state index is -3.50. The molecule has 1 aliphatic heterocycles. The first kappa shape index (κ1) is 22.5. The van der Waals surface area contributed by atoms with E-state index in [9.17, 15) is 8.42 Å². The van der Waals surface area contributed by atoms with E-state index in [4.69, 9.17) is 4.74 Å². The normalized spacial score (nSPS) is 17.1. The number of piperazine rings is 1. The minimum absolute atomic E-state index is 0.131. The van der Waals surface area contributed by atoms with Crippen molar-refractivity contribution in [3.05, 3.63) is 48.2 Å². The summed E-state index contributed by atoms with van der Waals surface area (Å²) in [5.74, 6) is 1.47. The van der Waals surface area contributed by atoms with Crippen molar-refractivity contribution < 1.29 is 13.2 Å². The molecule has 1 aromatic heterocycles. The van der Waals surface area contributed by atoms with E-state index < -0.39 is 10.0 Å². The molecule has 9 heteroatoms. The molecule has 0 amide bonds. The summed E-state index contributed by atoms with van der Waals surface area (Å²) in [6.07, 6.45) is 1.44. The van der Waals surface area contributed by atoms with Gasteiger partial charge in [0.1, 0.15) is 16.5 Å². The Morgan fingerprint density at radius 2 is 1.77 bits per heavy atom. The summed E-state index contributed by atoms with van der Waals surface area (Å²) in [5.41, 5.74) is 1.16. The number of benzene rings is 1. The van der Waals surface area contributed by atoms with Gasteiger partial charge in [-0.3, -0.25) is 0 Å². The second-order valence-corrected chi connectivity index (χ2v) is 9.66. The van der Waals surface area contributed by atoms with Crippen LogP contribution in [0.5, 0.6) is 5.75 Å². The number of sulfonamides is 1. The first-order valence-corrected chi connectivity index (χ1v) is 11.4. The van der Waals surface area contributed by atoms with Crippen molar-refractivity contribution in [2.75, 3.05) is 66.3 Å². The topological polar surface area (TPSA) is 78.0 Å². The maximum atomic E-state index is 12.8. The number of likely N-dealkylation sites (N-methyl/N-ethyl adjacent to an activating group) is 2. The molecule has 2 aromatic rings. The summed E-state index contributed by atoms with van der Waals surface area (Å²) < 4.78 is 32.4. The lowest BCUT2D eigenvalue weighted by molar-refractivity contribution is 0.222. The van der Waals surface area contributed by atoms with Crippen molar-refractivity contribution in [2.45, 2.75) is 10.9 Å². The third-order valence-electron chi connectivity index (χ3n) is 5.44. The summed E-state index contributed by atoms with van der Waals surface area (Å²) in [6, 6.07) is 11.5. The van der Waals surface area contributed by atoms with Crippen molar-refractivity contribution in [1.82, 2.24) is 19.1 Å². The van der Waals surface area contributed by atoms with Crippen molar-refractivity contribution in [3.63, 3.8) is 0 Å². The van der Waals surface area contributed by atoms with Crippen LogP contribution in [-0.4, -0.2) is 88.5 Å². The van der Waals surface area contributed by atoms with Gasteiger partial charge in [-0.25, -0.2) is 13.4 Å². The highest BCUT2D eigenvalue weighted by Gasteiger charge is 2.27. The lowest BCUT2D eigenvalue weighted by Gasteiger charge is -2.31. The molecule has 3 rings (SSSR count). The molecule has 1 fully saturated rings. The second kappa shape index (κ2) is 9.74. The van der Waals surface area contributed by atoms with E-state index in [1.165, 1.54) is 10.5 Å². The molecule has 2 heterocycles. The average molecular weight is 434 g/mol. The highest BCUT2D eigenvalue weighted by molar-refractivity contribution is 7.89. The Morgan fingerprint density at radius 3 is 2.30 bits per heavy atom. The van der Waals surface area contributed by atoms with E-state index >= 15 is 0 Å². The number of pyridine rings is 1. The van der Waals surface area contributed by atoms with Crippen LogP contribution >= 0.6 is 0 Å². The van der Waals surface area contributed by atoms with Gasteiger partial charge in [-0.05, 0) is 51.0 Å². The van der Waals surface area contributed by atoms with Gasteiger partial charge in [0.15, 0.2) is 0 Å². The zero-order chi connectivity index (χ0) is 21.7. The van der Waals surface area contributed by atoms with Gasteiger partial charge in [0.25, 0.3) is 0 Å². The predicted molar refractivity (Wildman–Crippen MR) is 118 cm³/mol. The molecule has 0 radical (unpaired) electrons. The molecule has 0 spiro atoms. The maximum Gasteiger partial charge on any atom is 0.244 e. The molecule has 164 valence electrons. The molecule has 0 bridgehead atoms. The maximum absolute atomic E-state index is 12.8. The standard InChI is InChI=1S/C21H31N5O3S/c1-24(2)20(17-5-7-18(29-4)8-6-17)16-23-21-10-9-19(15-22-21)30(27,28)26-13-11-25(3)12-14-26/h5-10,15,20H,11-14,16H2,1-4H3,(H,22,23). The Morgan fingerprint density at radius 1 is 1.10 bits per heavy atom. The highest BCUT2D eigenvalue weighted by Crippen LogP contribution is 2.22. The number of nitrogens with zero attached hydrogens (tertiary/aromatic N) is 4. The molecular weight excluding hydrogens is 402 g/mol. The Labute approximate surface area is 179 Å². The van der Waals surface area contributed by atoms with E-state index in [0.29, 0.717) is 25.5 Å². The zero-order valence-corrected chi connectivity index (χ0v) is 18.9. The fraction of sp³-hybridized carbons (Fsp3) is 0.476. The molecule has 1 unspecified atom stereocenters. The van der Waals surface area contributed by atoms with Crippen LogP contribution in [0.15, 0.2) is 47.5 Å². The van der Waals surface area contributed by atoms with Gasteiger partial charge >= 0.3 is 0 Å². The number of hydrogen-bond acceptors (Lipinski definition) is 7. The van der Waals surface area contributed by atoms with Crippen LogP contribution in [0.4, 0.5) is 5.82 Å². The molecule has 30 heavy (non-hydrogen) atoms. The number of hydrogen-bond donors (Lipinski definition) is 1. The van der Waals surface area contributed by atoms with Crippen LogP contribution < -0.4 is 10.1 Å². The molecule has 0 aliphatic carbocycles. The SMILES string of the molecule is COc1ccc(C(CNc2ccc(S(=O)(=O)N3CCN(C)CC3)cn2)N(C)C)cc1. The van der Waals surface area contributed by atoms with Crippen molar-refractivity contribution in [3.8, 4) is 5.75 Å². The quantitative estimate of drug-likeness (QED) is 0.679. The molecule has 0 saturated carbocycles. The number of ether oxygens (including phenoxy) is 1. The fourth-order valence-electron chi connectivity index (χ4n) is 3.44. The van der Waals surface area contributed by atoms with Crippen LogP contribution in [0.2, 0.25) is 0 Å². The molecule has 1 aliphatic rings. The van der Waals surface area contributed by atoms with Crippen LogP contribution in [-0.2, 0) is 10.0 Å². The van der Waals surface area contributed by atoms with Crippen LogP contribution in [0.3, 0.4) is 0 Å². The van der Waals surface area contributed by atoms with E-state index in [1.54, 1.807) is 19.2 Å². The molecule has 1 atom stereocenters. The van der Waals surface area contributed by atoms with Crippen molar-refractivity contribution >= 4 is 15.8 Å². The first-order valence-electron chi connectivity index (χ1n) is 10.0. The van der Waals surface area contributed by atoms with Crippen LogP contribution in [0, 0.1) is 0 Å². The van der Waals surface area contributed by atoms with Gasteiger partial charge in [0.2, 0.25) is 10.0 Å². The largest absolute Gasteiger partial charge is 0.497 e. The Bertz CT molecular complexity index is 909. The van der Waals surface area contributed by atoms with Crippen molar-refractivity contribution in [1.29, 1.82) is 0 Å². The third-order valence-corrected chi connectivity index (χ3v) is 7.32. The predicted octanol–water partition coefficient (Wildman–Crippen LogP) is 1.74. The van der Waals surface area contributed by atoms with Crippen molar-refractivity contribution in [2.24, 2.45) is 0 Å². The summed E-state index contributed by atoms with van der Waals surface area (Å²) in [7, 11) is 4.20. The first-order chi connectivity index (χ1) is 14.3. The minimum Gasteiger partial charge on any atom is -0.497 e. The van der Waals surface area contributed by atoms with Gasteiger partial charge in [0.05, 0.1) is 13.2 Å². The number of nitrogens with one attached hydrogen (secondary N) is 1. The average Bonchev–Trinajstić information content (AvgIpc) is 2.75. The summed E-state index contributed by atoms with van der Waals surface area (Å²) in [6.45, 7) is 3.13. The number of methoxy groups -OCH3 is 1. The summed E-state index contributed by atoms with van der Waals surface area (Å²) in [5, 5.41) is 3.32. The lowest BCUT2D eigenvalue weighted by atomic mass is 10.1. The number of rotatable bonds is 8. The fourth-order valence-corrected chi connectivity index (χ4v) is 4.81. The van der Waals surface area contributed by atoms with E-state index in [1.807, 2.05) is 45.4 Å². The van der Waals surface area contributed by atoms with Gasteiger partial charge in [-0.2, -0.15) is 4.31 Å². The van der Waals surface area contributed by atoms with E-state index in [0.717, 1.165) is 24.4 Å². The molecule has 1 aromatic carbocycles. The molecule has 8 nitrogen and oxygen atoms in total. The van der Waals surface area contributed by atoms with Gasteiger partial charge < -0.3 is 19.9 Å². The Kier molecular flexibility index (Phi) is 7.30. The Hall–Kier alpha value is -2.20. The monoisotopic (exact) mass is 433 g/mol. The van der Waals surface area contributed by atoms with Gasteiger partial charge in [0, 0.05) is 38.9 Å². The third kappa shape index (κ3) is 5.28. The zero-order valence-electron chi connectivity index (χ0n) is 18.1. The van der Waals surface area contributed by atoms with Gasteiger partial charge in [-0.15, -0.1) is 0 Å². The second-order valence-electron chi connectivity index (χ2n) is 7.72. The molecule has 1 N–H and O–H groups in total. The lowest BCUT2D eigenvalue weighted by Crippen LogP contribution is -2.47. The van der Waals surface area contributed by atoms with E-state index in [-0.39, 0.29) is 10.9 Å². The number of aromatic nitrogens is 1. The van der Waals surface area contributed by atoms with Gasteiger partial charge in [-0.1, -0.05) is 12.1 Å². The summed E-state index contributed by atoms with van der Waals surface area (Å²) >= 11 is 0. The summed E-state index contributed by atoms with van der Waals surface area (Å²) in [4.78, 5) is 8.83. The smallest absolute Gasteiger partial charge is 0.244 e. The molecular formula is C21H31N5O3S. The highest BCUT2D eigenvalue weighted by atomic mass is 32.2. The van der Waals surface area contributed by atoms with Crippen LogP contribution in [0.1, 0.15) is 11.6 Å². The Balaban J connectivity index is 1.65. The molecule has 1 saturated heterocycles. The van der Waals surface area contributed by atoms with Crippen LogP contribution in [0.25, 0.3) is 0 Å².